The molecule has 0 fully saturated rings. The van der Waals surface area contributed by atoms with Gasteiger partial charge in [-0.15, -0.1) is 11.3 Å². The van der Waals surface area contributed by atoms with Crippen molar-refractivity contribution in [2.75, 3.05) is 5.32 Å². The lowest BCUT2D eigenvalue weighted by atomic mass is 10.2. The fourth-order valence-corrected chi connectivity index (χ4v) is 1.97. The summed E-state index contributed by atoms with van der Waals surface area (Å²) in [6.07, 6.45) is 0. The number of nitrogens with one attached hydrogen (secondary N) is 1. The van der Waals surface area contributed by atoms with Crippen molar-refractivity contribution >= 4 is 22.4 Å². The quantitative estimate of drug-likeness (QED) is 0.762. The van der Waals surface area contributed by atoms with Crippen molar-refractivity contribution < 1.29 is 15.0 Å². The average Bonchev–Trinajstić information content (AvgIpc) is 2.63. The third-order valence-corrected chi connectivity index (χ3v) is 2.94. The first-order chi connectivity index (χ1) is 8.06. The second kappa shape index (κ2) is 4.42. The number of anilines is 1. The van der Waals surface area contributed by atoms with E-state index in [0.29, 0.717) is 5.13 Å². The van der Waals surface area contributed by atoms with Gasteiger partial charge in [0, 0.05) is 11.4 Å². The van der Waals surface area contributed by atoms with Gasteiger partial charge >= 0.3 is 0 Å². The number of carbonyl (C=O) groups is 1. The van der Waals surface area contributed by atoms with E-state index in [4.69, 9.17) is 5.11 Å². The lowest BCUT2D eigenvalue weighted by Gasteiger charge is -2.04. The largest absolute Gasteiger partial charge is 0.508 e. The first-order valence-electron chi connectivity index (χ1n) is 4.82. The van der Waals surface area contributed by atoms with Crippen LogP contribution in [0.1, 0.15) is 16.1 Å². The van der Waals surface area contributed by atoms with Crippen molar-refractivity contribution in [3.05, 3.63) is 34.8 Å². The number of rotatable bonds is 2. The highest BCUT2D eigenvalue weighted by molar-refractivity contribution is 7.13. The number of aromatic hydroxyl groups is 2. The Morgan fingerprint density at radius 1 is 1.41 bits per heavy atom. The number of aryl methyl sites for hydroxylation is 1. The molecule has 0 saturated heterocycles. The zero-order valence-corrected chi connectivity index (χ0v) is 9.78. The van der Waals surface area contributed by atoms with Crippen LogP contribution in [0.4, 0.5) is 5.13 Å². The Morgan fingerprint density at radius 3 is 2.76 bits per heavy atom. The first kappa shape index (κ1) is 11.4. The molecule has 0 aliphatic carbocycles. The van der Waals surface area contributed by atoms with Crippen LogP contribution >= 0.6 is 11.3 Å². The second-order valence-electron chi connectivity index (χ2n) is 3.45. The number of amides is 1. The maximum atomic E-state index is 11.8. The molecule has 1 aromatic heterocycles. The summed E-state index contributed by atoms with van der Waals surface area (Å²) in [5, 5.41) is 23.5. The maximum absolute atomic E-state index is 11.8. The Balaban J connectivity index is 2.20. The molecule has 2 aromatic rings. The standard InChI is InChI=1S/C11H10N2O3S/c1-6-5-17-11(12-6)13-10(16)8-3-2-7(14)4-9(8)15/h2-5,14-15H,1H3,(H,12,13,16). The van der Waals surface area contributed by atoms with E-state index in [2.05, 4.69) is 10.3 Å². The predicted octanol–water partition coefficient (Wildman–Crippen LogP) is 2.12. The summed E-state index contributed by atoms with van der Waals surface area (Å²) in [4.78, 5) is 15.8. The highest BCUT2D eigenvalue weighted by Crippen LogP contribution is 2.24. The second-order valence-corrected chi connectivity index (χ2v) is 4.31. The van der Waals surface area contributed by atoms with Gasteiger partial charge in [-0.1, -0.05) is 0 Å². The Labute approximate surface area is 101 Å². The van der Waals surface area contributed by atoms with Gasteiger partial charge in [-0.2, -0.15) is 0 Å². The van der Waals surface area contributed by atoms with E-state index in [-0.39, 0.29) is 17.1 Å². The van der Waals surface area contributed by atoms with Crippen molar-refractivity contribution in [2.45, 2.75) is 6.92 Å². The van der Waals surface area contributed by atoms with Gasteiger partial charge in [0.15, 0.2) is 5.13 Å². The van der Waals surface area contributed by atoms with Gasteiger partial charge in [0.1, 0.15) is 11.5 Å². The minimum absolute atomic E-state index is 0.0932. The van der Waals surface area contributed by atoms with E-state index in [9.17, 15) is 9.90 Å². The summed E-state index contributed by atoms with van der Waals surface area (Å²) in [6.45, 7) is 1.82. The maximum Gasteiger partial charge on any atom is 0.261 e. The van der Waals surface area contributed by atoms with E-state index in [1.165, 1.54) is 23.5 Å². The molecule has 2 rings (SSSR count). The highest BCUT2D eigenvalue weighted by Gasteiger charge is 2.13. The number of phenolic OH excluding ortho intramolecular Hbond substituents is 2. The molecule has 0 radical (unpaired) electrons. The van der Waals surface area contributed by atoms with Crippen LogP contribution in [0.5, 0.6) is 11.5 Å². The number of thiazole rings is 1. The molecule has 3 N–H and O–H groups in total. The van der Waals surface area contributed by atoms with Crippen LogP contribution in [0.3, 0.4) is 0 Å². The fraction of sp³-hybridized carbons (Fsp3) is 0.0909. The lowest BCUT2D eigenvalue weighted by molar-refractivity contribution is 0.102. The van der Waals surface area contributed by atoms with E-state index in [1.807, 2.05) is 12.3 Å². The van der Waals surface area contributed by atoms with Crippen molar-refractivity contribution in [3.63, 3.8) is 0 Å². The van der Waals surface area contributed by atoms with Gasteiger partial charge in [0.25, 0.3) is 5.91 Å². The number of hydrogen-bond acceptors (Lipinski definition) is 5. The predicted molar refractivity (Wildman–Crippen MR) is 64.6 cm³/mol. The van der Waals surface area contributed by atoms with Crippen LogP contribution in [0.15, 0.2) is 23.6 Å². The van der Waals surface area contributed by atoms with Gasteiger partial charge < -0.3 is 10.2 Å². The van der Waals surface area contributed by atoms with E-state index in [1.54, 1.807) is 0 Å². The number of aromatic nitrogens is 1. The molecule has 5 nitrogen and oxygen atoms in total. The van der Waals surface area contributed by atoms with Crippen molar-refractivity contribution in [2.24, 2.45) is 0 Å². The van der Waals surface area contributed by atoms with E-state index in [0.717, 1.165) is 11.8 Å². The lowest BCUT2D eigenvalue weighted by Crippen LogP contribution is -2.11. The molecule has 88 valence electrons. The molecule has 0 saturated carbocycles. The minimum Gasteiger partial charge on any atom is -0.508 e. The van der Waals surface area contributed by atoms with Crippen molar-refractivity contribution in [1.82, 2.24) is 4.98 Å². The molecule has 1 heterocycles. The van der Waals surface area contributed by atoms with E-state index < -0.39 is 5.91 Å². The Morgan fingerprint density at radius 2 is 2.18 bits per heavy atom. The third kappa shape index (κ3) is 2.54. The summed E-state index contributed by atoms with van der Waals surface area (Å²) in [5.41, 5.74) is 0.913. The molecular weight excluding hydrogens is 240 g/mol. The van der Waals surface area contributed by atoms with Crippen LogP contribution < -0.4 is 5.32 Å². The summed E-state index contributed by atoms with van der Waals surface area (Å²) in [7, 11) is 0. The normalized spacial score (nSPS) is 10.2. The number of nitrogens with zero attached hydrogens (tertiary/aromatic N) is 1. The molecule has 0 spiro atoms. The monoisotopic (exact) mass is 250 g/mol. The Bertz CT molecular complexity index is 566. The molecule has 0 atom stereocenters. The minimum atomic E-state index is -0.461. The molecule has 6 heteroatoms. The highest BCUT2D eigenvalue weighted by atomic mass is 32.1. The molecule has 1 aromatic carbocycles. The van der Waals surface area contributed by atoms with Gasteiger partial charge in [-0.3, -0.25) is 10.1 Å². The summed E-state index contributed by atoms with van der Waals surface area (Å²) in [5.74, 6) is -0.822. The number of phenols is 2. The van der Waals surface area contributed by atoms with Crippen LogP contribution in [-0.2, 0) is 0 Å². The number of carbonyl (C=O) groups excluding carboxylic acids is 1. The fourth-order valence-electron chi connectivity index (χ4n) is 1.29. The SMILES string of the molecule is Cc1csc(NC(=O)c2ccc(O)cc2O)n1. The molecule has 1 amide bonds. The first-order valence-corrected chi connectivity index (χ1v) is 5.69. The number of benzene rings is 1. The third-order valence-electron chi connectivity index (χ3n) is 2.07. The number of hydrogen-bond donors (Lipinski definition) is 3. The van der Waals surface area contributed by atoms with E-state index >= 15 is 0 Å². The Kier molecular flexibility index (Phi) is 2.97. The van der Waals surface area contributed by atoms with Crippen LogP contribution in [0.25, 0.3) is 0 Å². The smallest absolute Gasteiger partial charge is 0.261 e. The van der Waals surface area contributed by atoms with Gasteiger partial charge in [-0.25, -0.2) is 4.98 Å². The van der Waals surface area contributed by atoms with Crippen molar-refractivity contribution in [3.8, 4) is 11.5 Å². The zero-order valence-electron chi connectivity index (χ0n) is 8.97. The average molecular weight is 250 g/mol. The molecule has 0 unspecified atom stereocenters. The van der Waals surface area contributed by atoms with Crippen molar-refractivity contribution in [1.29, 1.82) is 0 Å². The molecular formula is C11H10N2O3S. The molecule has 0 aliphatic rings. The molecule has 0 bridgehead atoms. The molecule has 0 aliphatic heterocycles. The van der Waals surface area contributed by atoms with Gasteiger partial charge in [-0.05, 0) is 19.1 Å². The topological polar surface area (TPSA) is 82.5 Å². The van der Waals surface area contributed by atoms with Gasteiger partial charge in [0.05, 0.1) is 11.3 Å². The molecule has 17 heavy (non-hydrogen) atoms. The van der Waals surface area contributed by atoms with Crippen LogP contribution in [-0.4, -0.2) is 21.1 Å². The summed E-state index contributed by atoms with van der Waals surface area (Å²) in [6, 6.07) is 3.80. The van der Waals surface area contributed by atoms with Gasteiger partial charge in [0.2, 0.25) is 0 Å². The van der Waals surface area contributed by atoms with Crippen LogP contribution in [0.2, 0.25) is 0 Å². The summed E-state index contributed by atoms with van der Waals surface area (Å²) < 4.78 is 0. The summed E-state index contributed by atoms with van der Waals surface area (Å²) >= 11 is 1.31. The zero-order chi connectivity index (χ0) is 12.4. The Hall–Kier alpha value is -2.08. The van der Waals surface area contributed by atoms with Crippen LogP contribution in [0, 0.1) is 6.92 Å².